The normalized spacial score (nSPS) is 28.9. The second-order valence-corrected chi connectivity index (χ2v) is 6.68. The molecule has 1 aliphatic heterocycles. The predicted molar refractivity (Wildman–Crippen MR) is 83.1 cm³/mol. The van der Waals surface area contributed by atoms with Gasteiger partial charge in [0.25, 0.3) is 0 Å². The largest absolute Gasteiger partial charge is 0.381 e. The maximum Gasteiger partial charge on any atom is 0.0469 e. The van der Waals surface area contributed by atoms with Crippen molar-refractivity contribution in [1.82, 2.24) is 5.32 Å². The highest BCUT2D eigenvalue weighted by Crippen LogP contribution is 2.37. The summed E-state index contributed by atoms with van der Waals surface area (Å²) in [7, 11) is 0. The minimum absolute atomic E-state index is 0.642. The molecule has 1 unspecified atom stereocenters. The standard InChI is InChI=1S/C18H27NO/c1-13-3-5-16(6-4-13)17-11-18(12-17)19-14(2)15-7-9-20-10-8-15/h3-6,14-15,17-19H,7-12H2,1-2H3. The van der Waals surface area contributed by atoms with E-state index in [1.54, 1.807) is 0 Å². The second kappa shape index (κ2) is 6.28. The minimum Gasteiger partial charge on any atom is -0.381 e. The van der Waals surface area contributed by atoms with Crippen molar-refractivity contribution in [3.8, 4) is 0 Å². The highest BCUT2D eigenvalue weighted by atomic mass is 16.5. The number of hydrogen-bond donors (Lipinski definition) is 1. The Bertz CT molecular complexity index is 416. The second-order valence-electron chi connectivity index (χ2n) is 6.68. The van der Waals surface area contributed by atoms with E-state index < -0.39 is 0 Å². The summed E-state index contributed by atoms with van der Waals surface area (Å²) in [6, 6.07) is 10.4. The van der Waals surface area contributed by atoms with Crippen molar-refractivity contribution in [2.45, 2.75) is 57.5 Å². The third kappa shape index (κ3) is 3.24. The van der Waals surface area contributed by atoms with Crippen LogP contribution in [0.25, 0.3) is 0 Å². The van der Waals surface area contributed by atoms with Crippen molar-refractivity contribution in [3.63, 3.8) is 0 Å². The van der Waals surface area contributed by atoms with E-state index in [-0.39, 0.29) is 0 Å². The van der Waals surface area contributed by atoms with Gasteiger partial charge in [-0.15, -0.1) is 0 Å². The lowest BCUT2D eigenvalue weighted by molar-refractivity contribution is 0.0519. The molecule has 2 fully saturated rings. The lowest BCUT2D eigenvalue weighted by atomic mass is 9.75. The molecule has 1 aliphatic carbocycles. The quantitative estimate of drug-likeness (QED) is 0.904. The molecule has 0 aromatic heterocycles. The number of benzene rings is 1. The molecule has 1 aromatic carbocycles. The molecular weight excluding hydrogens is 246 g/mol. The van der Waals surface area contributed by atoms with Gasteiger partial charge in [-0.2, -0.15) is 0 Å². The van der Waals surface area contributed by atoms with E-state index in [1.165, 1.54) is 36.8 Å². The van der Waals surface area contributed by atoms with Crippen LogP contribution in [-0.2, 0) is 4.74 Å². The Labute approximate surface area is 122 Å². The van der Waals surface area contributed by atoms with Crippen LogP contribution in [0.5, 0.6) is 0 Å². The topological polar surface area (TPSA) is 21.3 Å². The fourth-order valence-electron chi connectivity index (χ4n) is 3.59. The van der Waals surface area contributed by atoms with Crippen molar-refractivity contribution < 1.29 is 4.74 Å². The Morgan fingerprint density at radius 2 is 1.75 bits per heavy atom. The molecule has 0 amide bonds. The van der Waals surface area contributed by atoms with E-state index >= 15 is 0 Å². The molecule has 1 atom stereocenters. The number of ether oxygens (including phenoxy) is 1. The molecule has 2 nitrogen and oxygen atoms in total. The zero-order chi connectivity index (χ0) is 13.9. The van der Waals surface area contributed by atoms with Crippen LogP contribution >= 0.6 is 0 Å². The summed E-state index contributed by atoms with van der Waals surface area (Å²) in [5.74, 6) is 1.58. The van der Waals surface area contributed by atoms with Gasteiger partial charge in [0.1, 0.15) is 0 Å². The summed E-state index contributed by atoms with van der Waals surface area (Å²) in [5.41, 5.74) is 2.88. The van der Waals surface area contributed by atoms with Crippen LogP contribution in [0.1, 0.15) is 49.7 Å². The third-order valence-electron chi connectivity index (χ3n) is 5.16. The van der Waals surface area contributed by atoms with Crippen LogP contribution in [0.3, 0.4) is 0 Å². The summed E-state index contributed by atoms with van der Waals surface area (Å²) in [4.78, 5) is 0. The first kappa shape index (κ1) is 14.1. The molecule has 0 spiro atoms. The van der Waals surface area contributed by atoms with Crippen molar-refractivity contribution in [3.05, 3.63) is 35.4 Å². The van der Waals surface area contributed by atoms with Gasteiger partial charge >= 0.3 is 0 Å². The van der Waals surface area contributed by atoms with Crippen molar-refractivity contribution >= 4 is 0 Å². The van der Waals surface area contributed by atoms with Crippen LogP contribution < -0.4 is 5.32 Å². The van der Waals surface area contributed by atoms with Crippen molar-refractivity contribution in [2.75, 3.05) is 13.2 Å². The molecule has 0 bridgehead atoms. The molecule has 1 saturated carbocycles. The van der Waals surface area contributed by atoms with Crippen LogP contribution in [0.2, 0.25) is 0 Å². The summed E-state index contributed by atoms with van der Waals surface area (Å²) < 4.78 is 5.45. The number of rotatable bonds is 4. The first-order valence-corrected chi connectivity index (χ1v) is 8.12. The van der Waals surface area contributed by atoms with Gasteiger partial charge in [-0.3, -0.25) is 0 Å². The molecular formula is C18H27NO. The Morgan fingerprint density at radius 1 is 1.10 bits per heavy atom. The lowest BCUT2D eigenvalue weighted by Gasteiger charge is -2.40. The van der Waals surface area contributed by atoms with Gasteiger partial charge in [-0.25, -0.2) is 0 Å². The molecule has 2 heteroatoms. The Morgan fingerprint density at radius 3 is 2.40 bits per heavy atom. The first-order chi connectivity index (χ1) is 9.72. The molecule has 20 heavy (non-hydrogen) atoms. The maximum atomic E-state index is 5.45. The summed E-state index contributed by atoms with van der Waals surface area (Å²) in [5, 5.41) is 3.84. The summed E-state index contributed by atoms with van der Waals surface area (Å²) in [6.45, 7) is 6.42. The molecule has 1 saturated heterocycles. The van der Waals surface area contributed by atoms with Crippen LogP contribution in [0.4, 0.5) is 0 Å². The number of hydrogen-bond acceptors (Lipinski definition) is 2. The SMILES string of the molecule is Cc1ccc(C2CC(NC(C)C3CCOCC3)C2)cc1. The third-order valence-corrected chi connectivity index (χ3v) is 5.16. The van der Waals surface area contributed by atoms with Crippen molar-refractivity contribution in [2.24, 2.45) is 5.92 Å². The summed E-state index contributed by atoms with van der Waals surface area (Å²) >= 11 is 0. The van der Waals surface area contributed by atoms with E-state index in [0.29, 0.717) is 6.04 Å². The zero-order valence-corrected chi connectivity index (χ0v) is 12.8. The monoisotopic (exact) mass is 273 g/mol. The summed E-state index contributed by atoms with van der Waals surface area (Å²) in [6.07, 6.45) is 5.05. The fraction of sp³-hybridized carbons (Fsp3) is 0.667. The van der Waals surface area contributed by atoms with Gasteiger partial charge in [0.2, 0.25) is 0 Å². The minimum atomic E-state index is 0.642. The maximum absolute atomic E-state index is 5.45. The van der Waals surface area contributed by atoms with Crippen LogP contribution in [0.15, 0.2) is 24.3 Å². The highest BCUT2D eigenvalue weighted by molar-refractivity contribution is 5.26. The van der Waals surface area contributed by atoms with Crippen molar-refractivity contribution in [1.29, 1.82) is 0 Å². The molecule has 3 rings (SSSR count). The number of nitrogens with one attached hydrogen (secondary N) is 1. The van der Waals surface area contributed by atoms with E-state index in [9.17, 15) is 0 Å². The smallest absolute Gasteiger partial charge is 0.0469 e. The van der Waals surface area contributed by atoms with Gasteiger partial charge < -0.3 is 10.1 Å². The molecule has 2 aliphatic rings. The molecule has 1 N–H and O–H groups in total. The first-order valence-electron chi connectivity index (χ1n) is 8.12. The zero-order valence-electron chi connectivity index (χ0n) is 12.8. The average Bonchev–Trinajstić information content (AvgIpc) is 2.44. The molecule has 1 heterocycles. The van der Waals surface area contributed by atoms with Crippen LogP contribution in [-0.4, -0.2) is 25.3 Å². The molecule has 1 aromatic rings. The van der Waals surface area contributed by atoms with E-state index in [1.807, 2.05) is 0 Å². The van der Waals surface area contributed by atoms with Gasteiger partial charge in [0.05, 0.1) is 0 Å². The lowest BCUT2D eigenvalue weighted by Crippen LogP contribution is -2.48. The average molecular weight is 273 g/mol. The van der Waals surface area contributed by atoms with E-state index in [2.05, 4.69) is 43.4 Å². The number of aryl methyl sites for hydroxylation is 1. The van der Waals surface area contributed by atoms with Gasteiger partial charge in [-0.05, 0) is 56.9 Å². The molecule has 110 valence electrons. The highest BCUT2D eigenvalue weighted by Gasteiger charge is 2.32. The predicted octanol–water partition coefficient (Wildman–Crippen LogP) is 3.65. The Hall–Kier alpha value is -0.860. The van der Waals surface area contributed by atoms with Gasteiger partial charge in [0.15, 0.2) is 0 Å². The molecule has 0 radical (unpaired) electrons. The van der Waals surface area contributed by atoms with Gasteiger partial charge in [0, 0.05) is 25.3 Å². The van der Waals surface area contributed by atoms with Crippen LogP contribution in [0, 0.1) is 12.8 Å². The van der Waals surface area contributed by atoms with E-state index in [4.69, 9.17) is 4.74 Å². The Balaban J connectivity index is 1.44. The van der Waals surface area contributed by atoms with E-state index in [0.717, 1.165) is 31.1 Å². The Kier molecular flexibility index (Phi) is 4.42. The van der Waals surface area contributed by atoms with Gasteiger partial charge in [-0.1, -0.05) is 29.8 Å². The fourth-order valence-corrected chi connectivity index (χ4v) is 3.59.